The summed E-state index contributed by atoms with van der Waals surface area (Å²) in [6, 6.07) is 0. The first-order chi connectivity index (χ1) is 4.16. The maximum atomic E-state index is 6.88. The van der Waals surface area contributed by atoms with Gasteiger partial charge in [-0.05, 0) is 38.8 Å². The van der Waals surface area contributed by atoms with Crippen LogP contribution in [0.4, 0.5) is 0 Å². The maximum absolute atomic E-state index is 6.88. The van der Waals surface area contributed by atoms with Gasteiger partial charge in [-0.25, -0.2) is 4.99 Å². The highest BCUT2D eigenvalue weighted by Gasteiger charge is 1.81. The number of hydrogen-bond donors (Lipinski definition) is 1. The molecule has 4 heteroatoms. The van der Waals surface area contributed by atoms with Crippen molar-refractivity contribution in [3.8, 4) is 0 Å². The van der Waals surface area contributed by atoms with Crippen LogP contribution in [0.2, 0.25) is 0 Å². The molecule has 0 aliphatic heterocycles. The second kappa shape index (κ2) is 4.88. The van der Waals surface area contributed by atoms with Crippen LogP contribution in [0.25, 0.3) is 0 Å². The van der Waals surface area contributed by atoms with E-state index < -0.39 is 0 Å². The predicted molar refractivity (Wildman–Crippen MR) is 47.8 cm³/mol. The van der Waals surface area contributed by atoms with E-state index in [4.69, 9.17) is 5.41 Å². The van der Waals surface area contributed by atoms with E-state index >= 15 is 0 Å². The molecule has 0 spiro atoms. The summed E-state index contributed by atoms with van der Waals surface area (Å²) in [6.07, 6.45) is 3.20. The van der Waals surface area contributed by atoms with Crippen LogP contribution in [-0.4, -0.2) is 10.8 Å². The molecular weight excluding hydrogens is 248 g/mol. The fourth-order valence-corrected chi connectivity index (χ4v) is 0.398. The van der Waals surface area contributed by atoms with Crippen molar-refractivity contribution in [2.24, 2.45) is 4.99 Å². The zero-order valence-electron chi connectivity index (χ0n) is 4.86. The molecule has 0 rings (SSSR count). The van der Waals surface area contributed by atoms with Crippen LogP contribution in [0, 0.1) is 5.41 Å². The van der Waals surface area contributed by atoms with E-state index in [1.165, 1.54) is 6.21 Å². The second-order valence-electron chi connectivity index (χ2n) is 1.22. The van der Waals surface area contributed by atoms with Crippen LogP contribution < -0.4 is 0 Å². The van der Waals surface area contributed by atoms with E-state index in [1.807, 2.05) is 6.92 Å². The van der Waals surface area contributed by atoms with Gasteiger partial charge in [0.15, 0.2) is 0 Å². The molecule has 0 aromatic rings. The minimum absolute atomic E-state index is 0.265. The Hall–Kier alpha value is 0.0400. The molecule has 0 unspecified atom stereocenters. The van der Waals surface area contributed by atoms with E-state index in [9.17, 15) is 0 Å². The molecule has 0 saturated heterocycles. The maximum Gasteiger partial charge on any atom is 0.115 e. The SMILES string of the molecule is C/C=C(/Br)N=CC(=N)Br. The first-order valence-electron chi connectivity index (χ1n) is 2.26. The monoisotopic (exact) mass is 252 g/mol. The van der Waals surface area contributed by atoms with Crippen molar-refractivity contribution in [2.75, 3.05) is 0 Å². The van der Waals surface area contributed by atoms with Crippen molar-refractivity contribution >= 4 is 42.7 Å². The largest absolute Gasteiger partial charge is 0.292 e. The molecule has 0 aromatic carbocycles. The summed E-state index contributed by atoms with van der Waals surface area (Å²) >= 11 is 6.07. The molecule has 0 heterocycles. The predicted octanol–water partition coefficient (Wildman–Crippen LogP) is 2.69. The van der Waals surface area contributed by atoms with Gasteiger partial charge in [-0.15, -0.1) is 0 Å². The van der Waals surface area contributed by atoms with Gasteiger partial charge in [0.05, 0.1) is 6.21 Å². The normalized spacial score (nSPS) is 12.6. The summed E-state index contributed by atoms with van der Waals surface area (Å²) in [7, 11) is 0. The van der Waals surface area contributed by atoms with Crippen LogP contribution in [0.1, 0.15) is 6.92 Å². The minimum Gasteiger partial charge on any atom is -0.292 e. The summed E-state index contributed by atoms with van der Waals surface area (Å²) in [5, 5.41) is 6.88. The molecule has 0 amide bonds. The molecular formula is C5H6Br2N2. The first kappa shape index (κ1) is 9.04. The Morgan fingerprint density at radius 2 is 2.11 bits per heavy atom. The zero-order chi connectivity index (χ0) is 7.28. The summed E-state index contributed by atoms with van der Waals surface area (Å²) in [5.41, 5.74) is 0. The Balaban J connectivity index is 3.86. The summed E-state index contributed by atoms with van der Waals surface area (Å²) in [5.74, 6) is 0. The number of rotatable bonds is 2. The number of aliphatic imine (C=N–C) groups is 1. The number of hydrogen-bond acceptors (Lipinski definition) is 2. The molecule has 2 nitrogen and oxygen atoms in total. The minimum atomic E-state index is 0.265. The highest BCUT2D eigenvalue weighted by atomic mass is 79.9. The molecule has 0 bridgehead atoms. The van der Waals surface area contributed by atoms with Crippen LogP contribution in [0.3, 0.4) is 0 Å². The second-order valence-corrected chi connectivity index (χ2v) is 2.88. The average Bonchev–Trinajstić information content (AvgIpc) is 1.83. The number of nitrogens with zero attached hydrogens (tertiary/aromatic N) is 1. The van der Waals surface area contributed by atoms with Gasteiger partial charge in [0.1, 0.15) is 9.23 Å². The molecule has 0 atom stereocenters. The summed E-state index contributed by atoms with van der Waals surface area (Å²) in [6.45, 7) is 1.86. The lowest BCUT2D eigenvalue weighted by molar-refractivity contribution is 1.51. The van der Waals surface area contributed by atoms with Gasteiger partial charge in [0.2, 0.25) is 0 Å². The number of allylic oxidation sites excluding steroid dienone is 1. The zero-order valence-corrected chi connectivity index (χ0v) is 8.03. The quantitative estimate of drug-likeness (QED) is 0.581. The number of nitrogens with one attached hydrogen (secondary N) is 1. The Bertz CT molecular complexity index is 160. The Labute approximate surface area is 70.8 Å². The van der Waals surface area contributed by atoms with E-state index in [1.54, 1.807) is 6.08 Å². The van der Waals surface area contributed by atoms with E-state index in [2.05, 4.69) is 36.9 Å². The van der Waals surface area contributed by atoms with E-state index in [-0.39, 0.29) is 4.62 Å². The molecule has 1 N–H and O–H groups in total. The van der Waals surface area contributed by atoms with Crippen molar-refractivity contribution < 1.29 is 0 Å². The van der Waals surface area contributed by atoms with Crippen LogP contribution >= 0.6 is 31.9 Å². The van der Waals surface area contributed by atoms with Gasteiger partial charge >= 0.3 is 0 Å². The van der Waals surface area contributed by atoms with Crippen molar-refractivity contribution in [1.82, 2.24) is 0 Å². The molecule has 9 heavy (non-hydrogen) atoms. The van der Waals surface area contributed by atoms with Crippen molar-refractivity contribution in [1.29, 1.82) is 5.41 Å². The lowest BCUT2D eigenvalue weighted by atomic mass is 10.7. The molecule has 50 valence electrons. The fraction of sp³-hybridized carbons (Fsp3) is 0.200. The highest BCUT2D eigenvalue weighted by molar-refractivity contribution is 9.19. The third-order valence-electron chi connectivity index (χ3n) is 0.539. The van der Waals surface area contributed by atoms with Crippen molar-refractivity contribution in [3.63, 3.8) is 0 Å². The van der Waals surface area contributed by atoms with E-state index in [0.717, 1.165) is 4.61 Å². The van der Waals surface area contributed by atoms with Gasteiger partial charge in [0.25, 0.3) is 0 Å². The standard InChI is InChI=1S/C5H6Br2N2/c1-2-5(7)9-3-4(6)8/h2-3,8H,1H3/b5-2-,8-4?,9-3?. The van der Waals surface area contributed by atoms with Gasteiger partial charge in [-0.2, -0.15) is 0 Å². The van der Waals surface area contributed by atoms with Gasteiger partial charge in [-0.3, -0.25) is 5.41 Å². The third-order valence-corrected chi connectivity index (χ3v) is 1.41. The lowest BCUT2D eigenvalue weighted by Gasteiger charge is -1.82. The Morgan fingerprint density at radius 3 is 2.44 bits per heavy atom. The first-order valence-corrected chi connectivity index (χ1v) is 3.85. The van der Waals surface area contributed by atoms with Crippen LogP contribution in [0.5, 0.6) is 0 Å². The van der Waals surface area contributed by atoms with Crippen molar-refractivity contribution in [3.05, 3.63) is 10.7 Å². The Kier molecular flexibility index (Phi) is 4.90. The summed E-state index contributed by atoms with van der Waals surface area (Å²) < 4.78 is 0.994. The van der Waals surface area contributed by atoms with Gasteiger partial charge < -0.3 is 0 Å². The fourth-order valence-electron chi connectivity index (χ4n) is 0.193. The average molecular weight is 254 g/mol. The van der Waals surface area contributed by atoms with Crippen LogP contribution in [0.15, 0.2) is 15.7 Å². The Morgan fingerprint density at radius 1 is 1.56 bits per heavy atom. The molecule has 0 aliphatic rings. The molecule has 0 fully saturated rings. The van der Waals surface area contributed by atoms with Crippen molar-refractivity contribution in [2.45, 2.75) is 6.92 Å². The van der Waals surface area contributed by atoms with E-state index in [0.29, 0.717) is 0 Å². The van der Waals surface area contributed by atoms with Gasteiger partial charge in [-0.1, -0.05) is 6.08 Å². The molecule has 0 aliphatic carbocycles. The number of halogens is 2. The topological polar surface area (TPSA) is 36.2 Å². The summed E-state index contributed by atoms with van der Waals surface area (Å²) in [4.78, 5) is 3.82. The molecule has 0 saturated carbocycles. The van der Waals surface area contributed by atoms with Gasteiger partial charge in [0, 0.05) is 0 Å². The molecule has 0 radical (unpaired) electrons. The smallest absolute Gasteiger partial charge is 0.115 e. The lowest BCUT2D eigenvalue weighted by Crippen LogP contribution is -1.81. The molecule has 0 aromatic heterocycles. The van der Waals surface area contributed by atoms with Crippen LogP contribution in [-0.2, 0) is 0 Å². The third kappa shape index (κ3) is 5.92. The highest BCUT2D eigenvalue weighted by Crippen LogP contribution is 2.04.